The van der Waals surface area contributed by atoms with Crippen molar-refractivity contribution in [3.05, 3.63) is 63.9 Å². The third kappa shape index (κ3) is 5.21. The maximum atomic E-state index is 14.3. The van der Waals surface area contributed by atoms with Gasteiger partial charge in [0.2, 0.25) is 11.8 Å². The maximum Gasteiger partial charge on any atom is 0.303 e. The summed E-state index contributed by atoms with van der Waals surface area (Å²) < 4.78 is 42.4. The Balaban J connectivity index is 2.06. The van der Waals surface area contributed by atoms with Crippen molar-refractivity contribution in [3.63, 3.8) is 0 Å². The third-order valence-electron chi connectivity index (χ3n) is 5.97. The number of nitrogens with one attached hydrogen (secondary N) is 3. The Morgan fingerprint density at radius 1 is 1.19 bits per heavy atom. The molecule has 0 saturated carbocycles. The van der Waals surface area contributed by atoms with Gasteiger partial charge in [0, 0.05) is 20.1 Å². The average molecular weight is 540 g/mol. The predicted octanol–water partition coefficient (Wildman–Crippen LogP) is 1.47. The lowest BCUT2D eigenvalue weighted by molar-refractivity contribution is -0.125. The molecular weight excluding hydrogens is 513 g/mol. The highest BCUT2D eigenvalue weighted by Crippen LogP contribution is 2.41. The van der Waals surface area contributed by atoms with Gasteiger partial charge in [-0.2, -0.15) is 12.7 Å². The molecule has 10 nitrogen and oxygen atoms in total. The molecule has 5 N–H and O–H groups in total. The number of carbonyl (C=O) groups is 3. The fourth-order valence-corrected chi connectivity index (χ4v) is 5.51. The summed E-state index contributed by atoms with van der Waals surface area (Å²) in [6.07, 6.45) is 0. The van der Waals surface area contributed by atoms with Gasteiger partial charge in [-0.15, -0.1) is 0 Å². The van der Waals surface area contributed by atoms with E-state index in [-0.39, 0.29) is 35.3 Å². The van der Waals surface area contributed by atoms with Gasteiger partial charge >= 0.3 is 10.2 Å². The number of anilines is 1. The summed E-state index contributed by atoms with van der Waals surface area (Å²) in [6.45, 7) is 2.72. The number of rotatable bonds is 8. The Kier molecular flexibility index (Phi) is 8.04. The van der Waals surface area contributed by atoms with Crippen molar-refractivity contribution < 1.29 is 27.2 Å². The first-order valence-electron chi connectivity index (χ1n) is 11.0. The van der Waals surface area contributed by atoms with E-state index in [1.807, 2.05) is 24.6 Å². The number of carbonyl (C=O) groups excluding carboxylic acids is 3. The van der Waals surface area contributed by atoms with E-state index in [1.54, 1.807) is 18.2 Å². The van der Waals surface area contributed by atoms with Gasteiger partial charge in [0.05, 0.1) is 22.8 Å². The number of benzene rings is 2. The molecule has 2 aromatic carbocycles. The van der Waals surface area contributed by atoms with Crippen molar-refractivity contribution in [3.8, 4) is 0 Å². The Labute approximate surface area is 213 Å². The summed E-state index contributed by atoms with van der Waals surface area (Å²) in [6, 6.07) is 9.11. The summed E-state index contributed by atoms with van der Waals surface area (Å²) in [4.78, 5) is 37.7. The molecule has 3 amide bonds. The number of nitrogens with zero attached hydrogens (tertiary/aromatic N) is 1. The van der Waals surface area contributed by atoms with Crippen LogP contribution in [0.2, 0.25) is 5.02 Å². The van der Waals surface area contributed by atoms with Crippen molar-refractivity contribution >= 4 is 45.2 Å². The molecule has 13 heteroatoms. The fourth-order valence-electron chi connectivity index (χ4n) is 4.06. The molecule has 0 aromatic heterocycles. The summed E-state index contributed by atoms with van der Waals surface area (Å²) in [5.41, 5.74) is 5.01. The molecule has 0 radical (unpaired) electrons. The smallest absolute Gasteiger partial charge is 0.303 e. The van der Waals surface area contributed by atoms with E-state index >= 15 is 0 Å². The largest absolute Gasteiger partial charge is 0.355 e. The van der Waals surface area contributed by atoms with Crippen molar-refractivity contribution in [2.24, 2.45) is 5.73 Å². The van der Waals surface area contributed by atoms with Gasteiger partial charge in [-0.3, -0.25) is 14.4 Å². The van der Waals surface area contributed by atoms with Gasteiger partial charge in [-0.05, 0) is 29.2 Å². The topological polar surface area (TPSA) is 151 Å². The normalized spacial score (nSPS) is 15.2. The van der Waals surface area contributed by atoms with Crippen molar-refractivity contribution in [2.75, 3.05) is 32.0 Å². The van der Waals surface area contributed by atoms with E-state index in [4.69, 9.17) is 17.3 Å². The van der Waals surface area contributed by atoms with Crippen LogP contribution in [0.1, 0.15) is 41.3 Å². The van der Waals surface area contributed by atoms with Gasteiger partial charge in [0.15, 0.2) is 0 Å². The number of hydrogen-bond acceptors (Lipinski definition) is 6. The molecule has 36 heavy (non-hydrogen) atoms. The molecule has 194 valence electrons. The van der Waals surface area contributed by atoms with E-state index in [2.05, 4.69) is 10.6 Å². The molecule has 3 rings (SSSR count). The Morgan fingerprint density at radius 2 is 1.83 bits per heavy atom. The molecule has 0 unspecified atom stereocenters. The first-order chi connectivity index (χ1) is 16.9. The third-order valence-corrected chi connectivity index (χ3v) is 7.69. The molecule has 1 fully saturated rings. The zero-order chi connectivity index (χ0) is 26.8. The van der Waals surface area contributed by atoms with E-state index in [9.17, 15) is 27.2 Å². The zero-order valence-corrected chi connectivity index (χ0v) is 21.5. The minimum Gasteiger partial charge on any atom is -0.355 e. The minimum absolute atomic E-state index is 0.0112. The molecule has 1 saturated heterocycles. The van der Waals surface area contributed by atoms with Crippen LogP contribution in [0.5, 0.6) is 0 Å². The second-order valence-electron chi connectivity index (χ2n) is 8.67. The number of hydrogen-bond donors (Lipinski definition) is 4. The van der Waals surface area contributed by atoms with E-state index in [1.165, 1.54) is 7.05 Å². The first kappa shape index (κ1) is 27.5. The SMILES string of the molecule is CNC(=O)c1cc(Cl)c(F)cc1NC(=O)C1(c2ccccc2C(C)C)CN(S(=O)(=O)NC(=O)CN)C1. The Bertz CT molecular complexity index is 1310. The van der Waals surface area contributed by atoms with Crippen LogP contribution in [0, 0.1) is 5.82 Å². The van der Waals surface area contributed by atoms with Crippen LogP contribution in [-0.4, -0.2) is 57.1 Å². The lowest BCUT2D eigenvalue weighted by Crippen LogP contribution is -2.68. The van der Waals surface area contributed by atoms with Crippen LogP contribution in [0.4, 0.5) is 10.1 Å². The second kappa shape index (κ2) is 10.5. The highest BCUT2D eigenvalue weighted by molar-refractivity contribution is 7.87. The van der Waals surface area contributed by atoms with Gasteiger partial charge in [-0.1, -0.05) is 49.7 Å². The summed E-state index contributed by atoms with van der Waals surface area (Å²) in [5.74, 6) is -3.02. The summed E-state index contributed by atoms with van der Waals surface area (Å²) >= 11 is 5.84. The molecule has 0 aliphatic carbocycles. The van der Waals surface area contributed by atoms with Crippen LogP contribution in [-0.2, 0) is 25.2 Å². The minimum atomic E-state index is -4.26. The van der Waals surface area contributed by atoms with Crippen molar-refractivity contribution in [2.45, 2.75) is 25.2 Å². The van der Waals surface area contributed by atoms with Crippen LogP contribution in [0.15, 0.2) is 36.4 Å². The second-order valence-corrected chi connectivity index (χ2v) is 10.7. The van der Waals surface area contributed by atoms with E-state index < -0.39 is 45.7 Å². The van der Waals surface area contributed by atoms with Gasteiger partial charge in [0.25, 0.3) is 5.91 Å². The Morgan fingerprint density at radius 3 is 2.42 bits per heavy atom. The van der Waals surface area contributed by atoms with Crippen LogP contribution >= 0.6 is 11.6 Å². The van der Waals surface area contributed by atoms with E-state index in [0.29, 0.717) is 5.56 Å². The number of halogens is 2. The predicted molar refractivity (Wildman–Crippen MR) is 133 cm³/mol. The summed E-state index contributed by atoms with van der Waals surface area (Å²) in [5, 5.41) is 4.70. The molecule has 0 atom stereocenters. The molecule has 0 bridgehead atoms. The Hall–Kier alpha value is -3.06. The van der Waals surface area contributed by atoms with Crippen LogP contribution < -0.4 is 21.1 Å². The van der Waals surface area contributed by atoms with Crippen LogP contribution in [0.3, 0.4) is 0 Å². The van der Waals surface area contributed by atoms with Gasteiger partial charge in [0.1, 0.15) is 11.2 Å². The van der Waals surface area contributed by atoms with Crippen molar-refractivity contribution in [1.82, 2.24) is 14.3 Å². The van der Waals surface area contributed by atoms with Gasteiger partial charge < -0.3 is 16.4 Å². The van der Waals surface area contributed by atoms with Gasteiger partial charge in [-0.25, -0.2) is 9.11 Å². The van der Waals surface area contributed by atoms with Crippen molar-refractivity contribution in [1.29, 1.82) is 0 Å². The van der Waals surface area contributed by atoms with E-state index in [0.717, 1.165) is 22.0 Å². The lowest BCUT2D eigenvalue weighted by atomic mass is 9.71. The number of amides is 3. The van der Waals surface area contributed by atoms with Crippen LogP contribution in [0.25, 0.3) is 0 Å². The highest BCUT2D eigenvalue weighted by atomic mass is 35.5. The maximum absolute atomic E-state index is 14.3. The lowest BCUT2D eigenvalue weighted by Gasteiger charge is -2.48. The quantitative estimate of drug-likeness (QED) is 0.399. The monoisotopic (exact) mass is 539 g/mol. The molecular formula is C23H27ClFN5O5S. The standard InChI is InChI=1S/C23H27ClFN5O5S/c1-13(2)14-6-4-5-7-16(14)23(11-30(12-23)36(34,35)29-20(31)10-26)22(33)28-19-9-18(25)17(24)8-15(19)21(32)27-3/h4-9,13H,10-12,26H2,1-3H3,(H,27,32)(H,28,33)(H,29,31). The molecule has 1 aliphatic rings. The zero-order valence-electron chi connectivity index (χ0n) is 19.9. The molecule has 1 aliphatic heterocycles. The average Bonchev–Trinajstić information content (AvgIpc) is 2.79. The molecule has 2 aromatic rings. The molecule has 0 spiro atoms. The fraction of sp³-hybridized carbons (Fsp3) is 0.348. The number of nitrogens with two attached hydrogens (primary N) is 1. The first-order valence-corrected chi connectivity index (χ1v) is 12.8. The molecule has 1 heterocycles. The highest BCUT2D eigenvalue weighted by Gasteiger charge is 2.55. The summed E-state index contributed by atoms with van der Waals surface area (Å²) in [7, 11) is -2.89.